The first kappa shape index (κ1) is 13.4. The van der Waals surface area contributed by atoms with Crippen molar-refractivity contribution in [1.29, 1.82) is 0 Å². The molecule has 0 saturated heterocycles. The Morgan fingerprint density at radius 2 is 1.88 bits per heavy atom. The molecule has 0 aliphatic carbocycles. The lowest BCUT2D eigenvalue weighted by molar-refractivity contribution is 0.268. The Hall–Kier alpha value is -1.71. The molecule has 17 heavy (non-hydrogen) atoms. The topological polar surface area (TPSA) is 67.8 Å². The van der Waals surface area contributed by atoms with Crippen LogP contribution in [-0.2, 0) is 0 Å². The molecule has 1 aromatic rings. The number of aryl methyl sites for hydroxylation is 2. The fraction of sp³-hybridized carbons (Fsp3) is 0.462. The molecular formula is C13H20N2O2. The predicted octanol–water partition coefficient (Wildman–Crippen LogP) is 2.43. The molecule has 0 heterocycles. The maximum Gasteiger partial charge on any atom is 0.170 e. The van der Waals surface area contributed by atoms with Crippen LogP contribution in [0.5, 0.6) is 5.75 Å². The van der Waals surface area contributed by atoms with E-state index in [2.05, 4.69) is 19.0 Å². The summed E-state index contributed by atoms with van der Waals surface area (Å²) < 4.78 is 5.75. The van der Waals surface area contributed by atoms with Gasteiger partial charge in [0.1, 0.15) is 5.75 Å². The van der Waals surface area contributed by atoms with Crippen LogP contribution in [0.15, 0.2) is 17.3 Å². The van der Waals surface area contributed by atoms with Crippen LogP contribution in [0.2, 0.25) is 0 Å². The van der Waals surface area contributed by atoms with Crippen molar-refractivity contribution in [3.05, 3.63) is 28.8 Å². The minimum atomic E-state index is 0.117. The summed E-state index contributed by atoms with van der Waals surface area (Å²) in [7, 11) is 0. The number of oxime groups is 1. The first-order chi connectivity index (χ1) is 7.95. The molecule has 0 amide bonds. The Morgan fingerprint density at radius 3 is 2.29 bits per heavy atom. The smallest absolute Gasteiger partial charge is 0.170 e. The second-order valence-electron chi connectivity index (χ2n) is 4.63. The van der Waals surface area contributed by atoms with E-state index in [-0.39, 0.29) is 5.84 Å². The van der Waals surface area contributed by atoms with Gasteiger partial charge in [-0.15, -0.1) is 0 Å². The van der Waals surface area contributed by atoms with E-state index >= 15 is 0 Å². The van der Waals surface area contributed by atoms with Crippen LogP contribution < -0.4 is 10.5 Å². The highest BCUT2D eigenvalue weighted by Gasteiger charge is 2.09. The summed E-state index contributed by atoms with van der Waals surface area (Å²) in [6, 6.07) is 3.72. The first-order valence-corrected chi connectivity index (χ1v) is 5.67. The van der Waals surface area contributed by atoms with Gasteiger partial charge in [0.05, 0.1) is 6.61 Å². The minimum absolute atomic E-state index is 0.117. The van der Waals surface area contributed by atoms with Crippen molar-refractivity contribution in [2.45, 2.75) is 27.7 Å². The van der Waals surface area contributed by atoms with Crippen LogP contribution in [-0.4, -0.2) is 17.6 Å². The van der Waals surface area contributed by atoms with Gasteiger partial charge < -0.3 is 15.7 Å². The van der Waals surface area contributed by atoms with E-state index in [4.69, 9.17) is 15.7 Å². The van der Waals surface area contributed by atoms with E-state index in [9.17, 15) is 0 Å². The highest BCUT2D eigenvalue weighted by atomic mass is 16.5. The summed E-state index contributed by atoms with van der Waals surface area (Å²) in [5.41, 5.74) is 8.26. The summed E-state index contributed by atoms with van der Waals surface area (Å²) in [6.45, 7) is 8.81. The zero-order valence-corrected chi connectivity index (χ0v) is 10.8. The van der Waals surface area contributed by atoms with Gasteiger partial charge in [-0.05, 0) is 43.0 Å². The normalized spacial score (nSPS) is 11.9. The second kappa shape index (κ2) is 5.57. The van der Waals surface area contributed by atoms with Gasteiger partial charge >= 0.3 is 0 Å². The van der Waals surface area contributed by atoms with Gasteiger partial charge in [-0.2, -0.15) is 0 Å². The quantitative estimate of drug-likeness (QED) is 0.365. The van der Waals surface area contributed by atoms with Crippen molar-refractivity contribution in [2.75, 3.05) is 6.61 Å². The van der Waals surface area contributed by atoms with Crippen LogP contribution in [0.1, 0.15) is 30.5 Å². The summed E-state index contributed by atoms with van der Waals surface area (Å²) in [5.74, 6) is 1.48. The number of nitrogens with zero attached hydrogens (tertiary/aromatic N) is 1. The van der Waals surface area contributed by atoms with Gasteiger partial charge in [-0.3, -0.25) is 0 Å². The molecule has 4 heteroatoms. The number of ether oxygens (including phenoxy) is 1. The van der Waals surface area contributed by atoms with E-state index in [1.165, 1.54) is 0 Å². The number of nitrogens with two attached hydrogens (primary N) is 1. The van der Waals surface area contributed by atoms with Crippen LogP contribution in [0.3, 0.4) is 0 Å². The Kier molecular flexibility index (Phi) is 4.37. The Balaban J connectivity index is 3.02. The van der Waals surface area contributed by atoms with Crippen LogP contribution >= 0.6 is 0 Å². The van der Waals surface area contributed by atoms with Gasteiger partial charge in [0.15, 0.2) is 5.84 Å². The van der Waals surface area contributed by atoms with E-state index in [1.807, 2.05) is 26.0 Å². The predicted molar refractivity (Wildman–Crippen MR) is 68.8 cm³/mol. The highest BCUT2D eigenvalue weighted by molar-refractivity contribution is 5.97. The Morgan fingerprint density at radius 1 is 1.35 bits per heavy atom. The molecular weight excluding hydrogens is 216 g/mol. The molecule has 0 saturated carbocycles. The lowest BCUT2D eigenvalue weighted by Gasteiger charge is -2.15. The number of rotatable bonds is 4. The third kappa shape index (κ3) is 3.37. The number of benzene rings is 1. The monoisotopic (exact) mass is 236 g/mol. The second-order valence-corrected chi connectivity index (χ2v) is 4.63. The van der Waals surface area contributed by atoms with Gasteiger partial charge in [-0.1, -0.05) is 19.0 Å². The third-order valence-electron chi connectivity index (χ3n) is 2.42. The van der Waals surface area contributed by atoms with Crippen molar-refractivity contribution in [1.82, 2.24) is 0 Å². The molecule has 0 unspecified atom stereocenters. The molecule has 0 radical (unpaired) electrons. The van der Waals surface area contributed by atoms with Crippen LogP contribution in [0.25, 0.3) is 0 Å². The molecule has 0 bridgehead atoms. The standard InChI is InChI=1S/C13H20N2O2/c1-8(2)7-17-12-9(3)5-11(6-10(12)4)13(14)15-16/h5-6,8,16H,7H2,1-4H3,(H2,14,15). The van der Waals surface area contributed by atoms with Gasteiger partial charge in [-0.25, -0.2) is 0 Å². The molecule has 0 aliphatic heterocycles. The van der Waals surface area contributed by atoms with Crippen molar-refractivity contribution in [2.24, 2.45) is 16.8 Å². The van der Waals surface area contributed by atoms with Crippen molar-refractivity contribution in [3.63, 3.8) is 0 Å². The van der Waals surface area contributed by atoms with Gasteiger partial charge in [0, 0.05) is 5.56 Å². The van der Waals surface area contributed by atoms with E-state index in [0.29, 0.717) is 18.1 Å². The van der Waals surface area contributed by atoms with E-state index in [0.717, 1.165) is 16.9 Å². The van der Waals surface area contributed by atoms with Gasteiger partial charge in [0.25, 0.3) is 0 Å². The average Bonchev–Trinajstić information content (AvgIpc) is 2.26. The number of amidine groups is 1. The fourth-order valence-electron chi connectivity index (χ4n) is 1.63. The maximum absolute atomic E-state index is 8.65. The lowest BCUT2D eigenvalue weighted by Crippen LogP contribution is -2.14. The molecule has 1 aromatic carbocycles. The Bertz CT molecular complexity index is 402. The van der Waals surface area contributed by atoms with Crippen LogP contribution in [0.4, 0.5) is 0 Å². The molecule has 0 atom stereocenters. The summed E-state index contributed by atoms with van der Waals surface area (Å²) >= 11 is 0. The highest BCUT2D eigenvalue weighted by Crippen LogP contribution is 2.25. The maximum atomic E-state index is 8.65. The average molecular weight is 236 g/mol. The van der Waals surface area contributed by atoms with Crippen molar-refractivity contribution in [3.8, 4) is 5.75 Å². The largest absolute Gasteiger partial charge is 0.493 e. The van der Waals surface area contributed by atoms with Crippen molar-refractivity contribution >= 4 is 5.84 Å². The first-order valence-electron chi connectivity index (χ1n) is 5.67. The molecule has 94 valence electrons. The van der Waals surface area contributed by atoms with E-state index in [1.54, 1.807) is 0 Å². The molecule has 0 aliphatic rings. The number of hydrogen-bond acceptors (Lipinski definition) is 3. The molecule has 4 nitrogen and oxygen atoms in total. The molecule has 3 N–H and O–H groups in total. The molecule has 0 aromatic heterocycles. The Labute approximate surface area is 102 Å². The van der Waals surface area contributed by atoms with E-state index < -0.39 is 0 Å². The molecule has 0 spiro atoms. The summed E-state index contributed by atoms with van der Waals surface area (Å²) in [6.07, 6.45) is 0. The minimum Gasteiger partial charge on any atom is -0.493 e. The zero-order chi connectivity index (χ0) is 13.0. The van der Waals surface area contributed by atoms with Crippen LogP contribution in [0, 0.1) is 19.8 Å². The van der Waals surface area contributed by atoms with Gasteiger partial charge in [0.2, 0.25) is 0 Å². The molecule has 1 rings (SSSR count). The molecule has 0 fully saturated rings. The SMILES string of the molecule is Cc1cc(C(N)=NO)cc(C)c1OCC(C)C. The summed E-state index contributed by atoms with van der Waals surface area (Å²) in [4.78, 5) is 0. The summed E-state index contributed by atoms with van der Waals surface area (Å²) in [5, 5.41) is 11.6. The lowest BCUT2D eigenvalue weighted by atomic mass is 10.0. The van der Waals surface area contributed by atoms with Crippen molar-refractivity contribution < 1.29 is 9.94 Å². The third-order valence-corrected chi connectivity index (χ3v) is 2.42. The zero-order valence-electron chi connectivity index (χ0n) is 10.8. The number of hydrogen-bond donors (Lipinski definition) is 2. The fourth-order valence-corrected chi connectivity index (χ4v) is 1.63.